The van der Waals surface area contributed by atoms with Crippen LogP contribution in [0.4, 0.5) is 0 Å². The van der Waals surface area contributed by atoms with Gasteiger partial charge in [-0.25, -0.2) is 5.09 Å². The zero-order valence-corrected chi connectivity index (χ0v) is 19.1. The van der Waals surface area contributed by atoms with Crippen molar-refractivity contribution in [2.75, 3.05) is 19.4 Å². The van der Waals surface area contributed by atoms with E-state index in [0.29, 0.717) is 30.7 Å². The summed E-state index contributed by atoms with van der Waals surface area (Å²) in [7, 11) is -3.25. The van der Waals surface area contributed by atoms with Gasteiger partial charge in [0.05, 0.1) is 18.9 Å². The molecule has 7 nitrogen and oxygen atoms in total. The molecule has 2 rings (SSSR count). The summed E-state index contributed by atoms with van der Waals surface area (Å²) in [6, 6.07) is 17.6. The highest BCUT2D eigenvalue weighted by molar-refractivity contribution is 7.57. The van der Waals surface area contributed by atoms with Crippen molar-refractivity contribution in [2.45, 2.75) is 39.2 Å². The van der Waals surface area contributed by atoms with Gasteiger partial charge in [0.1, 0.15) is 11.5 Å². The fourth-order valence-electron chi connectivity index (χ4n) is 2.89. The van der Waals surface area contributed by atoms with Gasteiger partial charge in [0, 0.05) is 18.5 Å². The SMILES string of the molecule is CCCC(=O)[C@H](C)NCNP(=O)(CCCNC(=O)c1ccccc1)Oc1ccccc1. The molecule has 1 amide bonds. The molecule has 2 aromatic carbocycles. The smallest absolute Gasteiger partial charge is 0.317 e. The predicted octanol–water partition coefficient (Wildman–Crippen LogP) is 3.97. The van der Waals surface area contributed by atoms with E-state index in [1.165, 1.54) is 0 Å². The van der Waals surface area contributed by atoms with Crippen LogP contribution in [0.25, 0.3) is 0 Å². The molecular weight excluding hydrogens is 413 g/mol. The number of hydrogen-bond acceptors (Lipinski definition) is 5. The van der Waals surface area contributed by atoms with Gasteiger partial charge in [0.2, 0.25) is 0 Å². The molecule has 0 saturated heterocycles. The van der Waals surface area contributed by atoms with E-state index < -0.39 is 7.52 Å². The first kappa shape index (κ1) is 24.8. The minimum Gasteiger partial charge on any atom is -0.433 e. The Hall–Kier alpha value is -2.47. The maximum atomic E-state index is 13.4. The number of ketones is 1. The molecule has 0 heterocycles. The van der Waals surface area contributed by atoms with Crippen LogP contribution in [0.3, 0.4) is 0 Å². The first-order chi connectivity index (χ1) is 14.9. The summed E-state index contributed by atoms with van der Waals surface area (Å²) >= 11 is 0. The van der Waals surface area contributed by atoms with Crippen molar-refractivity contribution in [1.29, 1.82) is 0 Å². The molecule has 0 radical (unpaired) electrons. The number of rotatable bonds is 14. The molecule has 0 aliphatic rings. The van der Waals surface area contributed by atoms with Crippen LogP contribution in [0.2, 0.25) is 0 Å². The second-order valence-corrected chi connectivity index (χ2v) is 9.55. The summed E-state index contributed by atoms with van der Waals surface area (Å²) in [6.07, 6.45) is 2.01. The van der Waals surface area contributed by atoms with E-state index in [2.05, 4.69) is 15.7 Å². The number of nitrogens with one attached hydrogen (secondary N) is 3. The Morgan fingerprint density at radius 3 is 2.32 bits per heavy atom. The number of carbonyl (C=O) groups excluding carboxylic acids is 2. The Morgan fingerprint density at radius 1 is 1.03 bits per heavy atom. The molecule has 0 aliphatic heterocycles. The molecule has 1 unspecified atom stereocenters. The van der Waals surface area contributed by atoms with E-state index in [4.69, 9.17) is 4.52 Å². The molecule has 0 aromatic heterocycles. The molecule has 0 spiro atoms. The van der Waals surface area contributed by atoms with E-state index >= 15 is 0 Å². The zero-order valence-electron chi connectivity index (χ0n) is 18.2. The van der Waals surface area contributed by atoms with Crippen LogP contribution in [0.15, 0.2) is 60.7 Å². The van der Waals surface area contributed by atoms with Crippen molar-refractivity contribution in [3.8, 4) is 5.75 Å². The number of benzene rings is 2. The van der Waals surface area contributed by atoms with Crippen LogP contribution in [-0.4, -0.2) is 37.1 Å². The van der Waals surface area contributed by atoms with Crippen LogP contribution in [0.1, 0.15) is 43.5 Å². The van der Waals surface area contributed by atoms with Gasteiger partial charge in [-0.05, 0) is 44.0 Å². The number of Topliss-reactive ketones (excluding diaryl/α,β-unsaturated/α-hetero) is 1. The minimum atomic E-state index is -3.25. The maximum Gasteiger partial charge on any atom is 0.317 e. The molecular formula is C23H32N3O4P. The topological polar surface area (TPSA) is 96.5 Å². The zero-order chi connectivity index (χ0) is 22.5. The average Bonchev–Trinajstić information content (AvgIpc) is 2.78. The van der Waals surface area contributed by atoms with Gasteiger partial charge in [-0.1, -0.05) is 43.3 Å². The summed E-state index contributed by atoms with van der Waals surface area (Å²) in [6.45, 7) is 4.30. The molecule has 31 heavy (non-hydrogen) atoms. The van der Waals surface area contributed by atoms with Crippen LogP contribution < -0.4 is 20.2 Å². The standard InChI is InChI=1S/C23H32N3O4P/c1-3-11-22(27)19(2)25-18-26-31(29,30-21-14-8-5-9-15-21)17-10-16-24-23(28)20-12-6-4-7-13-20/h4-9,12-15,19,25H,3,10-11,16-18H2,1-2H3,(H,24,28)(H,26,29)/t19-,31?/m0/s1. The first-order valence-electron chi connectivity index (χ1n) is 10.6. The molecule has 0 aliphatic carbocycles. The third kappa shape index (κ3) is 9.05. The largest absolute Gasteiger partial charge is 0.433 e. The van der Waals surface area contributed by atoms with Gasteiger partial charge in [-0.15, -0.1) is 0 Å². The summed E-state index contributed by atoms with van der Waals surface area (Å²) in [5.74, 6) is 0.450. The molecule has 2 aromatic rings. The molecule has 2 atom stereocenters. The number of para-hydroxylation sites is 1. The lowest BCUT2D eigenvalue weighted by Gasteiger charge is -2.22. The summed E-state index contributed by atoms with van der Waals surface area (Å²) in [5.41, 5.74) is 0.583. The Morgan fingerprint density at radius 2 is 1.68 bits per heavy atom. The Labute approximate surface area is 184 Å². The van der Waals surface area contributed by atoms with Crippen LogP contribution in [0, 0.1) is 0 Å². The van der Waals surface area contributed by atoms with Crippen molar-refractivity contribution in [1.82, 2.24) is 15.7 Å². The van der Waals surface area contributed by atoms with Crippen LogP contribution in [-0.2, 0) is 9.36 Å². The van der Waals surface area contributed by atoms with E-state index in [1.54, 1.807) is 43.3 Å². The maximum absolute atomic E-state index is 13.4. The Kier molecular flexibility index (Phi) is 10.4. The van der Waals surface area contributed by atoms with Crippen molar-refractivity contribution in [3.63, 3.8) is 0 Å². The average molecular weight is 446 g/mol. The quantitative estimate of drug-likeness (QED) is 0.231. The van der Waals surface area contributed by atoms with Crippen LogP contribution in [0.5, 0.6) is 5.75 Å². The van der Waals surface area contributed by atoms with Crippen LogP contribution >= 0.6 is 7.52 Å². The highest BCUT2D eigenvalue weighted by Crippen LogP contribution is 2.43. The van der Waals surface area contributed by atoms with Gasteiger partial charge in [-0.3, -0.25) is 19.5 Å². The van der Waals surface area contributed by atoms with E-state index in [9.17, 15) is 14.2 Å². The summed E-state index contributed by atoms with van der Waals surface area (Å²) < 4.78 is 19.2. The van der Waals surface area contributed by atoms with Crippen molar-refractivity contribution in [3.05, 3.63) is 66.2 Å². The van der Waals surface area contributed by atoms with Gasteiger partial charge >= 0.3 is 7.52 Å². The normalized spacial score (nSPS) is 13.7. The highest BCUT2D eigenvalue weighted by atomic mass is 31.2. The minimum absolute atomic E-state index is 0.117. The van der Waals surface area contributed by atoms with Gasteiger partial charge in [0.25, 0.3) is 5.91 Å². The lowest BCUT2D eigenvalue weighted by atomic mass is 10.1. The molecule has 0 saturated carbocycles. The van der Waals surface area contributed by atoms with Gasteiger partial charge < -0.3 is 9.84 Å². The summed E-state index contributed by atoms with van der Waals surface area (Å²) in [5, 5.41) is 8.84. The Bertz CT molecular complexity index is 862. The molecule has 168 valence electrons. The predicted molar refractivity (Wildman–Crippen MR) is 123 cm³/mol. The number of amides is 1. The lowest BCUT2D eigenvalue weighted by Crippen LogP contribution is -2.40. The summed E-state index contributed by atoms with van der Waals surface area (Å²) in [4.78, 5) is 24.1. The van der Waals surface area contributed by atoms with E-state index in [1.807, 2.05) is 31.2 Å². The third-order valence-corrected chi connectivity index (χ3v) is 6.71. The second kappa shape index (κ2) is 13.1. The molecule has 0 bridgehead atoms. The number of carbonyl (C=O) groups is 2. The van der Waals surface area contributed by atoms with Gasteiger partial charge in [0.15, 0.2) is 0 Å². The fraction of sp³-hybridized carbons (Fsp3) is 0.391. The monoisotopic (exact) mass is 445 g/mol. The number of hydrogen-bond donors (Lipinski definition) is 3. The first-order valence-corrected chi connectivity index (χ1v) is 12.4. The van der Waals surface area contributed by atoms with Crippen molar-refractivity contribution < 1.29 is 18.7 Å². The molecule has 8 heteroatoms. The van der Waals surface area contributed by atoms with E-state index in [-0.39, 0.29) is 30.6 Å². The Balaban J connectivity index is 1.89. The van der Waals surface area contributed by atoms with Crippen molar-refractivity contribution in [2.24, 2.45) is 0 Å². The fourth-order valence-corrected chi connectivity index (χ4v) is 4.57. The lowest BCUT2D eigenvalue weighted by molar-refractivity contribution is -0.120. The molecule has 3 N–H and O–H groups in total. The third-order valence-electron chi connectivity index (χ3n) is 4.65. The second-order valence-electron chi connectivity index (χ2n) is 7.25. The highest BCUT2D eigenvalue weighted by Gasteiger charge is 2.24. The van der Waals surface area contributed by atoms with Crippen molar-refractivity contribution >= 4 is 19.2 Å². The van der Waals surface area contributed by atoms with E-state index in [0.717, 1.165) is 6.42 Å². The molecule has 0 fully saturated rings. The van der Waals surface area contributed by atoms with Gasteiger partial charge in [-0.2, -0.15) is 0 Å².